The lowest BCUT2D eigenvalue weighted by Gasteiger charge is -2.19. The first-order valence-corrected chi connectivity index (χ1v) is 5.64. The molecule has 1 aliphatic heterocycles. The Morgan fingerprint density at radius 3 is 2.82 bits per heavy atom. The lowest BCUT2D eigenvalue weighted by atomic mass is 10.1. The second-order valence-electron chi connectivity index (χ2n) is 4.16. The van der Waals surface area contributed by atoms with Crippen LogP contribution in [-0.2, 0) is 9.59 Å². The first-order chi connectivity index (χ1) is 7.99. The van der Waals surface area contributed by atoms with Crippen LogP contribution in [0.5, 0.6) is 0 Å². The number of carbonyl (C=O) groups excluding carboxylic acids is 2. The minimum absolute atomic E-state index is 0.00567. The molecule has 1 aromatic carbocycles. The van der Waals surface area contributed by atoms with Gasteiger partial charge in [0.15, 0.2) is 0 Å². The molecule has 0 bridgehead atoms. The highest BCUT2D eigenvalue weighted by Crippen LogP contribution is 2.29. The minimum atomic E-state index is -1.18. The zero-order valence-electron chi connectivity index (χ0n) is 9.27. The molecule has 0 radical (unpaired) electrons. The van der Waals surface area contributed by atoms with E-state index in [0.717, 1.165) is 5.56 Å². The van der Waals surface area contributed by atoms with E-state index < -0.39 is 11.9 Å². The third-order valence-corrected chi connectivity index (χ3v) is 3.16. The van der Waals surface area contributed by atoms with Crippen molar-refractivity contribution < 1.29 is 14.7 Å². The Balaban J connectivity index is 2.32. The lowest BCUT2D eigenvalue weighted by molar-refractivity contribution is -0.310. The van der Waals surface area contributed by atoms with Gasteiger partial charge in [-0.05, 0) is 24.6 Å². The Morgan fingerprint density at radius 1 is 1.53 bits per heavy atom. The van der Waals surface area contributed by atoms with Crippen molar-refractivity contribution in [2.45, 2.75) is 13.3 Å². The maximum absolute atomic E-state index is 11.7. The number of benzene rings is 1. The van der Waals surface area contributed by atoms with Gasteiger partial charge in [0, 0.05) is 35.6 Å². The van der Waals surface area contributed by atoms with Crippen LogP contribution >= 0.6 is 11.6 Å². The lowest BCUT2D eigenvalue weighted by Crippen LogP contribution is -2.33. The molecule has 1 heterocycles. The van der Waals surface area contributed by atoms with Crippen LogP contribution in [0.2, 0.25) is 5.02 Å². The molecule has 5 heteroatoms. The van der Waals surface area contributed by atoms with Crippen molar-refractivity contribution >= 4 is 29.2 Å². The van der Waals surface area contributed by atoms with Gasteiger partial charge in [0.2, 0.25) is 5.91 Å². The van der Waals surface area contributed by atoms with E-state index in [4.69, 9.17) is 11.6 Å². The fourth-order valence-electron chi connectivity index (χ4n) is 1.97. The molecular formula is C12H11ClNO3-. The molecule has 4 nitrogen and oxygen atoms in total. The predicted molar refractivity (Wildman–Crippen MR) is 61.7 cm³/mol. The van der Waals surface area contributed by atoms with Crippen LogP contribution in [0.4, 0.5) is 5.69 Å². The molecule has 0 aromatic heterocycles. The zero-order valence-corrected chi connectivity index (χ0v) is 10.0. The van der Waals surface area contributed by atoms with Gasteiger partial charge in [-0.15, -0.1) is 0 Å². The smallest absolute Gasteiger partial charge is 0.227 e. The van der Waals surface area contributed by atoms with Gasteiger partial charge in [-0.25, -0.2) is 0 Å². The monoisotopic (exact) mass is 252 g/mol. The largest absolute Gasteiger partial charge is 0.550 e. The molecule has 1 saturated heterocycles. The Labute approximate surface area is 104 Å². The van der Waals surface area contributed by atoms with E-state index in [1.165, 1.54) is 4.90 Å². The second kappa shape index (κ2) is 4.37. The van der Waals surface area contributed by atoms with Crippen LogP contribution < -0.4 is 10.0 Å². The average Bonchev–Trinajstić information content (AvgIpc) is 2.64. The van der Waals surface area contributed by atoms with Crippen molar-refractivity contribution in [3.8, 4) is 0 Å². The molecule has 1 aliphatic rings. The molecule has 2 rings (SSSR count). The number of nitrogens with zero attached hydrogens (tertiary/aromatic N) is 1. The molecule has 1 amide bonds. The Kier molecular flexibility index (Phi) is 3.07. The van der Waals surface area contributed by atoms with E-state index >= 15 is 0 Å². The number of aliphatic carboxylic acids is 1. The van der Waals surface area contributed by atoms with Crippen molar-refractivity contribution in [2.24, 2.45) is 5.92 Å². The summed E-state index contributed by atoms with van der Waals surface area (Å²) in [4.78, 5) is 24.0. The summed E-state index contributed by atoms with van der Waals surface area (Å²) in [5.41, 5.74) is 1.56. The summed E-state index contributed by atoms with van der Waals surface area (Å²) in [5.74, 6) is -2.12. The normalized spacial score (nSPS) is 19.8. The van der Waals surface area contributed by atoms with Gasteiger partial charge in [0.25, 0.3) is 0 Å². The fourth-order valence-corrected chi connectivity index (χ4v) is 2.14. The summed E-state index contributed by atoms with van der Waals surface area (Å²) >= 11 is 5.88. The van der Waals surface area contributed by atoms with Gasteiger partial charge in [-0.2, -0.15) is 0 Å². The van der Waals surface area contributed by atoms with Crippen molar-refractivity contribution in [1.82, 2.24) is 0 Å². The standard InChI is InChI=1S/C12H12ClNO3/c1-7-2-3-9(13)5-10(7)14-6-8(12(16)17)4-11(14)15/h2-3,5,8H,4,6H2,1H3,(H,16,17)/p-1/t8-/m0/s1. The molecule has 1 fully saturated rings. The average molecular weight is 253 g/mol. The number of aryl methyl sites for hydroxylation is 1. The Hall–Kier alpha value is -1.55. The SMILES string of the molecule is Cc1ccc(Cl)cc1N1C[C@@H](C(=O)[O-])CC1=O. The van der Waals surface area contributed by atoms with Gasteiger partial charge >= 0.3 is 0 Å². The molecule has 0 unspecified atom stereocenters. The summed E-state index contributed by atoms with van der Waals surface area (Å²) in [7, 11) is 0. The third kappa shape index (κ3) is 2.26. The van der Waals surface area contributed by atoms with Crippen LogP contribution in [0, 0.1) is 12.8 Å². The predicted octanol–water partition coefficient (Wildman–Crippen LogP) is 0.751. The number of carboxylic acids is 1. The molecule has 1 aromatic rings. The number of rotatable bonds is 2. The molecule has 17 heavy (non-hydrogen) atoms. The molecule has 0 spiro atoms. The third-order valence-electron chi connectivity index (χ3n) is 2.92. The highest BCUT2D eigenvalue weighted by atomic mass is 35.5. The minimum Gasteiger partial charge on any atom is -0.550 e. The van der Waals surface area contributed by atoms with E-state index in [-0.39, 0.29) is 18.9 Å². The summed E-state index contributed by atoms with van der Waals surface area (Å²) in [6, 6.07) is 5.21. The Bertz CT molecular complexity index is 487. The van der Waals surface area contributed by atoms with E-state index in [9.17, 15) is 14.7 Å². The maximum atomic E-state index is 11.7. The summed E-state index contributed by atoms with van der Waals surface area (Å²) in [6.45, 7) is 2.01. The van der Waals surface area contributed by atoms with E-state index in [1.54, 1.807) is 18.2 Å². The van der Waals surface area contributed by atoms with Gasteiger partial charge in [-0.3, -0.25) is 4.79 Å². The Morgan fingerprint density at radius 2 is 2.24 bits per heavy atom. The van der Waals surface area contributed by atoms with Crippen LogP contribution in [0.3, 0.4) is 0 Å². The van der Waals surface area contributed by atoms with Crippen molar-refractivity contribution in [2.75, 3.05) is 11.4 Å². The highest BCUT2D eigenvalue weighted by Gasteiger charge is 2.32. The number of halogens is 1. The van der Waals surface area contributed by atoms with Crippen LogP contribution in [0.15, 0.2) is 18.2 Å². The first kappa shape index (κ1) is 11.9. The molecular weight excluding hydrogens is 242 g/mol. The van der Waals surface area contributed by atoms with Gasteiger partial charge in [-0.1, -0.05) is 17.7 Å². The highest BCUT2D eigenvalue weighted by molar-refractivity contribution is 6.31. The van der Waals surface area contributed by atoms with Gasteiger partial charge in [0.05, 0.1) is 0 Å². The van der Waals surface area contributed by atoms with Crippen LogP contribution in [0.1, 0.15) is 12.0 Å². The molecule has 1 atom stereocenters. The number of hydrogen-bond acceptors (Lipinski definition) is 3. The topological polar surface area (TPSA) is 60.4 Å². The van der Waals surface area contributed by atoms with Crippen LogP contribution in [-0.4, -0.2) is 18.4 Å². The van der Waals surface area contributed by atoms with E-state index in [1.807, 2.05) is 6.92 Å². The number of carboxylic acid groups (broad SMARTS) is 1. The molecule has 0 aliphatic carbocycles. The summed E-state index contributed by atoms with van der Waals surface area (Å²) in [6.07, 6.45) is -0.00567. The van der Waals surface area contributed by atoms with Gasteiger partial charge in [0.1, 0.15) is 0 Å². The second-order valence-corrected chi connectivity index (χ2v) is 4.59. The molecule has 0 N–H and O–H groups in total. The number of amides is 1. The van der Waals surface area contributed by atoms with E-state index in [2.05, 4.69) is 0 Å². The fraction of sp³-hybridized carbons (Fsp3) is 0.333. The van der Waals surface area contributed by atoms with Crippen LogP contribution in [0.25, 0.3) is 0 Å². The van der Waals surface area contributed by atoms with E-state index in [0.29, 0.717) is 10.7 Å². The zero-order chi connectivity index (χ0) is 12.6. The quantitative estimate of drug-likeness (QED) is 0.780. The number of hydrogen-bond donors (Lipinski definition) is 0. The molecule has 90 valence electrons. The maximum Gasteiger partial charge on any atom is 0.227 e. The number of carbonyl (C=O) groups is 2. The van der Waals surface area contributed by atoms with Gasteiger partial charge < -0.3 is 14.8 Å². The van der Waals surface area contributed by atoms with Crippen molar-refractivity contribution in [1.29, 1.82) is 0 Å². The summed E-state index contributed by atoms with van der Waals surface area (Å²) < 4.78 is 0. The molecule has 0 saturated carbocycles. The number of anilines is 1. The summed E-state index contributed by atoms with van der Waals surface area (Å²) in [5, 5.41) is 11.3. The van der Waals surface area contributed by atoms with Crippen molar-refractivity contribution in [3.05, 3.63) is 28.8 Å². The first-order valence-electron chi connectivity index (χ1n) is 5.26. The van der Waals surface area contributed by atoms with Crippen molar-refractivity contribution in [3.63, 3.8) is 0 Å².